The Balaban J connectivity index is 2.01. The van der Waals surface area contributed by atoms with Crippen LogP contribution in [0.4, 0.5) is 0 Å². The zero-order valence-electron chi connectivity index (χ0n) is 11.0. The van der Waals surface area contributed by atoms with E-state index in [4.69, 9.17) is 0 Å². The number of carbonyl (C=O) groups excluding carboxylic acids is 1. The molecule has 0 spiro atoms. The van der Waals surface area contributed by atoms with E-state index in [0.717, 1.165) is 25.2 Å². The summed E-state index contributed by atoms with van der Waals surface area (Å²) in [5.74, 6) is 0.105. The van der Waals surface area contributed by atoms with Gasteiger partial charge in [0.05, 0.1) is 6.20 Å². The number of nitrogens with one attached hydrogen (secondary N) is 2. The van der Waals surface area contributed by atoms with E-state index in [1.54, 1.807) is 4.68 Å². The Morgan fingerprint density at radius 1 is 1.67 bits per heavy atom. The summed E-state index contributed by atoms with van der Waals surface area (Å²) >= 11 is 0. The Bertz CT molecular complexity index is 403. The van der Waals surface area contributed by atoms with Crippen LogP contribution in [0.2, 0.25) is 0 Å². The van der Waals surface area contributed by atoms with Crippen molar-refractivity contribution in [2.24, 2.45) is 7.05 Å². The van der Waals surface area contributed by atoms with Crippen LogP contribution in [0.5, 0.6) is 0 Å². The molecular weight excluding hydrogens is 230 g/mol. The highest BCUT2D eigenvalue weighted by Crippen LogP contribution is 2.09. The number of hydrogen-bond donors (Lipinski definition) is 2. The molecule has 1 aliphatic rings. The van der Waals surface area contributed by atoms with Crippen LogP contribution in [0, 0.1) is 0 Å². The van der Waals surface area contributed by atoms with Crippen molar-refractivity contribution in [2.45, 2.75) is 19.5 Å². The molecular formula is C12H21N5O. The zero-order valence-corrected chi connectivity index (χ0v) is 11.0. The number of amides is 1. The third kappa shape index (κ3) is 3.08. The topological polar surface area (TPSA) is 62.2 Å². The van der Waals surface area contributed by atoms with Crippen molar-refractivity contribution in [3.8, 4) is 0 Å². The molecule has 0 aromatic carbocycles. The molecule has 1 amide bonds. The lowest BCUT2D eigenvalue weighted by Crippen LogP contribution is -2.57. The monoisotopic (exact) mass is 251 g/mol. The van der Waals surface area contributed by atoms with E-state index in [1.807, 2.05) is 26.4 Å². The lowest BCUT2D eigenvalue weighted by Gasteiger charge is -2.34. The van der Waals surface area contributed by atoms with Gasteiger partial charge in [0.15, 0.2) is 0 Å². The van der Waals surface area contributed by atoms with Gasteiger partial charge in [-0.2, -0.15) is 5.10 Å². The van der Waals surface area contributed by atoms with Gasteiger partial charge in [-0.3, -0.25) is 14.4 Å². The van der Waals surface area contributed by atoms with Gasteiger partial charge in [0, 0.05) is 51.5 Å². The van der Waals surface area contributed by atoms with Crippen molar-refractivity contribution in [1.82, 2.24) is 25.3 Å². The Hall–Kier alpha value is -1.40. The van der Waals surface area contributed by atoms with Crippen LogP contribution in [0.15, 0.2) is 12.4 Å². The Labute approximate surface area is 107 Å². The summed E-state index contributed by atoms with van der Waals surface area (Å²) in [4.78, 5) is 14.2. The molecule has 1 unspecified atom stereocenters. The molecule has 18 heavy (non-hydrogen) atoms. The van der Waals surface area contributed by atoms with Crippen molar-refractivity contribution in [2.75, 3.05) is 26.2 Å². The van der Waals surface area contributed by atoms with Gasteiger partial charge < -0.3 is 10.6 Å². The molecule has 1 aromatic heterocycles. The van der Waals surface area contributed by atoms with Gasteiger partial charge in [0.1, 0.15) is 6.04 Å². The van der Waals surface area contributed by atoms with E-state index in [0.29, 0.717) is 13.1 Å². The summed E-state index contributed by atoms with van der Waals surface area (Å²) < 4.78 is 1.79. The maximum absolute atomic E-state index is 12.0. The fourth-order valence-electron chi connectivity index (χ4n) is 2.27. The van der Waals surface area contributed by atoms with Crippen LogP contribution in [-0.2, 0) is 18.4 Å². The summed E-state index contributed by atoms with van der Waals surface area (Å²) in [5.41, 5.74) is 1.15. The number of aromatic nitrogens is 2. The van der Waals surface area contributed by atoms with E-state index >= 15 is 0 Å². The second kappa shape index (κ2) is 5.97. The minimum atomic E-state index is -0.0843. The molecule has 1 aromatic rings. The Morgan fingerprint density at radius 2 is 2.50 bits per heavy atom. The van der Waals surface area contributed by atoms with Gasteiger partial charge in [-0.15, -0.1) is 0 Å². The van der Waals surface area contributed by atoms with Crippen molar-refractivity contribution in [3.63, 3.8) is 0 Å². The maximum atomic E-state index is 12.0. The van der Waals surface area contributed by atoms with Crippen molar-refractivity contribution in [3.05, 3.63) is 18.0 Å². The summed E-state index contributed by atoms with van der Waals surface area (Å²) in [6, 6.07) is -0.0843. The van der Waals surface area contributed by atoms with E-state index in [2.05, 4.69) is 20.6 Å². The van der Waals surface area contributed by atoms with Crippen LogP contribution in [0.3, 0.4) is 0 Å². The third-order valence-electron chi connectivity index (χ3n) is 3.15. The first-order valence-corrected chi connectivity index (χ1v) is 6.40. The molecule has 1 fully saturated rings. The lowest BCUT2D eigenvalue weighted by molar-refractivity contribution is -0.127. The average Bonchev–Trinajstić information content (AvgIpc) is 2.76. The van der Waals surface area contributed by atoms with Crippen LogP contribution < -0.4 is 10.6 Å². The van der Waals surface area contributed by atoms with E-state index in [1.165, 1.54) is 0 Å². The van der Waals surface area contributed by atoms with E-state index in [-0.39, 0.29) is 11.9 Å². The normalized spacial score (nSPS) is 20.9. The second-order valence-corrected chi connectivity index (χ2v) is 4.61. The van der Waals surface area contributed by atoms with Gasteiger partial charge in [0.25, 0.3) is 0 Å². The first kappa shape index (κ1) is 13.0. The molecule has 0 radical (unpaired) electrons. The molecule has 2 N–H and O–H groups in total. The molecule has 1 aliphatic heterocycles. The molecule has 0 bridgehead atoms. The molecule has 2 rings (SSSR count). The van der Waals surface area contributed by atoms with Gasteiger partial charge in [-0.1, -0.05) is 0 Å². The maximum Gasteiger partial charge on any atom is 0.238 e. The van der Waals surface area contributed by atoms with Gasteiger partial charge >= 0.3 is 0 Å². The lowest BCUT2D eigenvalue weighted by atomic mass is 10.1. The number of carbonyl (C=O) groups is 1. The predicted molar refractivity (Wildman–Crippen MR) is 69.0 cm³/mol. The number of rotatable bonds is 4. The molecule has 1 atom stereocenters. The minimum Gasteiger partial charge on any atom is -0.355 e. The predicted octanol–water partition coefficient (Wildman–Crippen LogP) is -0.670. The van der Waals surface area contributed by atoms with E-state index < -0.39 is 0 Å². The van der Waals surface area contributed by atoms with Gasteiger partial charge in [-0.05, 0) is 6.92 Å². The van der Waals surface area contributed by atoms with E-state index in [9.17, 15) is 4.79 Å². The third-order valence-corrected chi connectivity index (χ3v) is 3.15. The van der Waals surface area contributed by atoms with Crippen LogP contribution >= 0.6 is 0 Å². The standard InChI is InChI=1S/C12H21N5O/c1-3-14-12(18)11-7-13-4-5-17(11)9-10-6-15-16(2)8-10/h6,8,11,13H,3-5,7,9H2,1-2H3,(H,14,18). The molecule has 6 nitrogen and oxygen atoms in total. The number of piperazine rings is 1. The summed E-state index contributed by atoms with van der Waals surface area (Å²) in [6.45, 7) is 5.92. The second-order valence-electron chi connectivity index (χ2n) is 4.61. The molecule has 100 valence electrons. The first-order chi connectivity index (χ1) is 8.70. The number of aryl methyl sites for hydroxylation is 1. The minimum absolute atomic E-state index is 0.0843. The Kier molecular flexibility index (Phi) is 4.33. The fraction of sp³-hybridized carbons (Fsp3) is 0.667. The summed E-state index contributed by atoms with van der Waals surface area (Å²) in [7, 11) is 1.91. The highest BCUT2D eigenvalue weighted by molar-refractivity contribution is 5.82. The zero-order chi connectivity index (χ0) is 13.0. The molecule has 1 saturated heterocycles. The first-order valence-electron chi connectivity index (χ1n) is 6.40. The summed E-state index contributed by atoms with van der Waals surface area (Å²) in [6.07, 6.45) is 3.85. The highest BCUT2D eigenvalue weighted by atomic mass is 16.2. The van der Waals surface area contributed by atoms with Crippen molar-refractivity contribution >= 4 is 5.91 Å². The van der Waals surface area contributed by atoms with Gasteiger partial charge in [0.2, 0.25) is 5.91 Å². The largest absolute Gasteiger partial charge is 0.355 e. The molecule has 0 aliphatic carbocycles. The SMILES string of the molecule is CCNC(=O)C1CNCCN1Cc1cnn(C)c1. The fourth-order valence-corrected chi connectivity index (χ4v) is 2.27. The number of hydrogen-bond acceptors (Lipinski definition) is 4. The average molecular weight is 251 g/mol. The Morgan fingerprint density at radius 3 is 3.17 bits per heavy atom. The van der Waals surface area contributed by atoms with Crippen LogP contribution in [0.25, 0.3) is 0 Å². The van der Waals surface area contributed by atoms with Crippen LogP contribution in [0.1, 0.15) is 12.5 Å². The quantitative estimate of drug-likeness (QED) is 0.745. The van der Waals surface area contributed by atoms with Crippen molar-refractivity contribution < 1.29 is 4.79 Å². The number of nitrogens with zero attached hydrogens (tertiary/aromatic N) is 3. The van der Waals surface area contributed by atoms with Gasteiger partial charge in [-0.25, -0.2) is 0 Å². The van der Waals surface area contributed by atoms with Crippen LogP contribution in [-0.4, -0.2) is 52.8 Å². The molecule has 6 heteroatoms. The smallest absolute Gasteiger partial charge is 0.238 e. The van der Waals surface area contributed by atoms with Crippen molar-refractivity contribution in [1.29, 1.82) is 0 Å². The highest BCUT2D eigenvalue weighted by Gasteiger charge is 2.28. The number of likely N-dealkylation sites (N-methyl/N-ethyl adjacent to an activating group) is 1. The summed E-state index contributed by atoms with van der Waals surface area (Å²) in [5, 5.41) is 10.3. The molecule has 2 heterocycles. The molecule has 0 saturated carbocycles.